The van der Waals surface area contributed by atoms with Gasteiger partial charge in [0.2, 0.25) is 5.91 Å². The quantitative estimate of drug-likeness (QED) is 0.624. The van der Waals surface area contributed by atoms with E-state index >= 15 is 0 Å². The highest BCUT2D eigenvalue weighted by Gasteiger charge is 2.37. The van der Waals surface area contributed by atoms with Crippen LogP contribution in [0, 0.1) is 5.92 Å². The van der Waals surface area contributed by atoms with Crippen molar-refractivity contribution in [3.8, 4) is 5.75 Å². The summed E-state index contributed by atoms with van der Waals surface area (Å²) in [4.78, 5) is 26.8. The minimum atomic E-state index is -0.524. The molecule has 1 aromatic rings. The van der Waals surface area contributed by atoms with Crippen molar-refractivity contribution < 1.29 is 19.1 Å². The van der Waals surface area contributed by atoms with Crippen molar-refractivity contribution in [2.75, 3.05) is 33.4 Å². The molecule has 1 aromatic carbocycles. The number of ketones is 1. The Kier molecular flexibility index (Phi) is 5.66. The zero-order chi connectivity index (χ0) is 17.6. The molecule has 1 aliphatic heterocycles. The first-order valence-corrected chi connectivity index (χ1v) is 8.61. The van der Waals surface area contributed by atoms with E-state index in [2.05, 4.69) is 0 Å². The molecule has 0 radical (unpaired) electrons. The molecule has 0 spiro atoms. The van der Waals surface area contributed by atoms with Gasteiger partial charge in [0.05, 0.1) is 20.3 Å². The maximum absolute atomic E-state index is 12.5. The molecule has 2 fully saturated rings. The second-order valence-corrected chi connectivity index (χ2v) is 6.19. The number of amides is 1. The summed E-state index contributed by atoms with van der Waals surface area (Å²) < 4.78 is 10.6. The van der Waals surface area contributed by atoms with Gasteiger partial charge in [0.25, 0.3) is 0 Å². The van der Waals surface area contributed by atoms with E-state index in [1.165, 1.54) is 0 Å². The molecule has 1 aliphatic carbocycles. The number of hydrogen-bond donors (Lipinski definition) is 0. The third-order valence-electron chi connectivity index (χ3n) is 4.67. The number of methoxy groups -OCH3 is 1. The van der Waals surface area contributed by atoms with E-state index < -0.39 is 5.92 Å². The molecule has 1 saturated carbocycles. The summed E-state index contributed by atoms with van der Waals surface area (Å²) in [5, 5.41) is 0. The highest BCUT2D eigenvalue weighted by molar-refractivity contribution is 6.11. The van der Waals surface area contributed by atoms with Crippen LogP contribution < -0.4 is 4.74 Å². The van der Waals surface area contributed by atoms with Crippen LogP contribution in [0.4, 0.5) is 0 Å². The zero-order valence-corrected chi connectivity index (χ0v) is 14.4. The number of rotatable bonds is 4. The van der Waals surface area contributed by atoms with Gasteiger partial charge in [-0.3, -0.25) is 9.59 Å². The Labute approximate surface area is 147 Å². The van der Waals surface area contributed by atoms with E-state index in [0.717, 1.165) is 16.9 Å². The van der Waals surface area contributed by atoms with Crippen LogP contribution in [0.1, 0.15) is 18.4 Å². The fourth-order valence-corrected chi connectivity index (χ4v) is 3.26. The summed E-state index contributed by atoms with van der Waals surface area (Å²) in [6.07, 6.45) is 6.84. The molecule has 1 heterocycles. The van der Waals surface area contributed by atoms with Crippen molar-refractivity contribution in [2.45, 2.75) is 12.8 Å². The summed E-state index contributed by atoms with van der Waals surface area (Å²) in [6.45, 7) is 2.26. The molecule has 1 amide bonds. The maximum Gasteiger partial charge on any atom is 0.233 e. The summed E-state index contributed by atoms with van der Waals surface area (Å²) in [6, 6.07) is 7.70. The number of allylic oxidation sites excluding steroid dienone is 3. The molecule has 3 rings (SSSR count). The third-order valence-corrected chi connectivity index (χ3v) is 4.67. The van der Waals surface area contributed by atoms with Crippen molar-refractivity contribution in [3.05, 3.63) is 47.6 Å². The van der Waals surface area contributed by atoms with Gasteiger partial charge in [-0.1, -0.05) is 36.4 Å². The molecule has 0 bridgehead atoms. The molecule has 1 unspecified atom stereocenters. The van der Waals surface area contributed by atoms with Crippen LogP contribution in [0.3, 0.4) is 0 Å². The van der Waals surface area contributed by atoms with Gasteiger partial charge in [0.15, 0.2) is 5.78 Å². The Morgan fingerprint density at radius 2 is 2.04 bits per heavy atom. The van der Waals surface area contributed by atoms with Gasteiger partial charge < -0.3 is 14.4 Å². The van der Waals surface area contributed by atoms with Crippen molar-refractivity contribution >= 4 is 17.8 Å². The lowest BCUT2D eigenvalue weighted by Gasteiger charge is -2.28. The normalized spacial score (nSPS) is 22.8. The molecular formula is C20H23NO4. The average molecular weight is 341 g/mol. The first-order valence-electron chi connectivity index (χ1n) is 8.61. The Balaban J connectivity index is 1.66. The average Bonchev–Trinajstić information content (AvgIpc) is 3.03. The molecule has 25 heavy (non-hydrogen) atoms. The number of morpholine rings is 1. The predicted molar refractivity (Wildman–Crippen MR) is 95.2 cm³/mol. The minimum absolute atomic E-state index is 0.0406. The number of benzene rings is 1. The fourth-order valence-electron chi connectivity index (χ4n) is 3.26. The van der Waals surface area contributed by atoms with E-state index in [1.54, 1.807) is 12.0 Å². The SMILES string of the molecule is COc1ccccc1/C=C/C=C1\CCC(C(=O)N2CCOCC2)C1=O. The summed E-state index contributed by atoms with van der Waals surface area (Å²) in [5.41, 5.74) is 1.67. The summed E-state index contributed by atoms with van der Waals surface area (Å²) in [7, 11) is 1.63. The molecule has 5 heteroatoms. The molecule has 1 saturated heterocycles. The van der Waals surface area contributed by atoms with Crippen LogP contribution in [-0.4, -0.2) is 50.0 Å². The Hall–Kier alpha value is -2.40. The molecule has 5 nitrogen and oxygen atoms in total. The van der Waals surface area contributed by atoms with E-state index in [4.69, 9.17) is 9.47 Å². The summed E-state index contributed by atoms with van der Waals surface area (Å²) in [5.74, 6) is 0.172. The number of Topliss-reactive ketones (excluding diaryl/α,β-unsaturated/α-hetero) is 1. The molecule has 0 aromatic heterocycles. The second kappa shape index (κ2) is 8.12. The molecular weight excluding hydrogens is 318 g/mol. The van der Waals surface area contributed by atoms with Crippen LogP contribution in [0.25, 0.3) is 6.08 Å². The van der Waals surface area contributed by atoms with Gasteiger partial charge in [-0.2, -0.15) is 0 Å². The van der Waals surface area contributed by atoms with Crippen LogP contribution in [0.5, 0.6) is 5.75 Å². The van der Waals surface area contributed by atoms with Gasteiger partial charge in [0, 0.05) is 18.7 Å². The van der Waals surface area contributed by atoms with Crippen LogP contribution >= 0.6 is 0 Å². The number of ether oxygens (including phenoxy) is 2. The number of hydrogen-bond acceptors (Lipinski definition) is 4. The first kappa shape index (κ1) is 17.4. The van der Waals surface area contributed by atoms with Crippen molar-refractivity contribution in [2.24, 2.45) is 5.92 Å². The molecule has 2 aliphatic rings. The fraction of sp³-hybridized carbons (Fsp3) is 0.400. The van der Waals surface area contributed by atoms with E-state index in [9.17, 15) is 9.59 Å². The predicted octanol–water partition coefficient (Wildman–Crippen LogP) is 2.47. The highest BCUT2D eigenvalue weighted by atomic mass is 16.5. The van der Waals surface area contributed by atoms with E-state index in [0.29, 0.717) is 39.1 Å². The Morgan fingerprint density at radius 1 is 1.28 bits per heavy atom. The number of para-hydroxylation sites is 1. The topological polar surface area (TPSA) is 55.8 Å². The van der Waals surface area contributed by atoms with Crippen LogP contribution in [0.15, 0.2) is 42.0 Å². The van der Waals surface area contributed by atoms with E-state index in [-0.39, 0.29) is 11.7 Å². The number of carbonyl (C=O) groups excluding carboxylic acids is 2. The molecule has 132 valence electrons. The monoisotopic (exact) mass is 341 g/mol. The lowest BCUT2D eigenvalue weighted by atomic mass is 10.0. The smallest absolute Gasteiger partial charge is 0.233 e. The zero-order valence-electron chi connectivity index (χ0n) is 14.4. The van der Waals surface area contributed by atoms with Crippen molar-refractivity contribution in [1.82, 2.24) is 4.90 Å². The van der Waals surface area contributed by atoms with Gasteiger partial charge in [-0.15, -0.1) is 0 Å². The molecule has 0 N–H and O–H groups in total. The largest absolute Gasteiger partial charge is 0.496 e. The number of carbonyl (C=O) groups is 2. The minimum Gasteiger partial charge on any atom is -0.496 e. The highest BCUT2D eigenvalue weighted by Crippen LogP contribution is 2.29. The van der Waals surface area contributed by atoms with Gasteiger partial charge >= 0.3 is 0 Å². The summed E-state index contributed by atoms with van der Waals surface area (Å²) >= 11 is 0. The standard InChI is InChI=1S/C20H23NO4/c1-24-18-8-3-2-5-15(18)6-4-7-16-9-10-17(19(16)22)20(23)21-11-13-25-14-12-21/h2-8,17H,9-14H2,1H3/b6-4+,16-7+. The van der Waals surface area contributed by atoms with Crippen LogP contribution in [-0.2, 0) is 14.3 Å². The lowest BCUT2D eigenvalue weighted by Crippen LogP contribution is -2.44. The Bertz CT molecular complexity index is 701. The van der Waals surface area contributed by atoms with Gasteiger partial charge in [0.1, 0.15) is 11.7 Å². The first-order chi connectivity index (χ1) is 12.2. The van der Waals surface area contributed by atoms with Crippen molar-refractivity contribution in [1.29, 1.82) is 0 Å². The van der Waals surface area contributed by atoms with Gasteiger partial charge in [-0.25, -0.2) is 0 Å². The third kappa shape index (κ3) is 3.99. The van der Waals surface area contributed by atoms with E-state index in [1.807, 2.05) is 42.5 Å². The van der Waals surface area contributed by atoms with Crippen LogP contribution in [0.2, 0.25) is 0 Å². The number of nitrogens with zero attached hydrogens (tertiary/aromatic N) is 1. The maximum atomic E-state index is 12.5. The van der Waals surface area contributed by atoms with Gasteiger partial charge in [-0.05, 0) is 24.5 Å². The lowest BCUT2D eigenvalue weighted by molar-refractivity contribution is -0.142. The second-order valence-electron chi connectivity index (χ2n) is 6.19. The molecule has 1 atom stereocenters. The van der Waals surface area contributed by atoms with Crippen molar-refractivity contribution in [3.63, 3.8) is 0 Å². The Morgan fingerprint density at radius 3 is 2.80 bits per heavy atom.